The number of piperidine rings is 2. The summed E-state index contributed by atoms with van der Waals surface area (Å²) in [5, 5.41) is 41.3. The van der Waals surface area contributed by atoms with Crippen LogP contribution in [0.5, 0.6) is 0 Å². The van der Waals surface area contributed by atoms with Crippen LogP contribution >= 0.6 is 0 Å². The minimum Gasteiger partial charge on any atom is -0.481 e. The largest absolute Gasteiger partial charge is 0.481 e. The predicted octanol–water partition coefficient (Wildman–Crippen LogP) is 2.26. The molecule has 0 aromatic heterocycles. The number of aliphatic carboxylic acids is 1. The van der Waals surface area contributed by atoms with Gasteiger partial charge in [0, 0.05) is 43.0 Å². The Kier molecular flexibility index (Phi) is 12.3. The molecule has 0 radical (unpaired) electrons. The van der Waals surface area contributed by atoms with Gasteiger partial charge in [-0.15, -0.1) is 0 Å². The van der Waals surface area contributed by atoms with E-state index in [4.69, 9.17) is 0 Å². The zero-order valence-corrected chi connectivity index (χ0v) is 23.3. The van der Waals surface area contributed by atoms with E-state index in [-0.39, 0.29) is 24.1 Å². The molecule has 6 N–H and O–H groups in total. The second kappa shape index (κ2) is 14.9. The first-order chi connectivity index (χ1) is 17.7. The summed E-state index contributed by atoms with van der Waals surface area (Å²) in [6.45, 7) is 8.13. The van der Waals surface area contributed by atoms with Crippen LogP contribution in [0.2, 0.25) is 0 Å². The van der Waals surface area contributed by atoms with Gasteiger partial charge in [-0.25, -0.2) is 0 Å². The molecular weight excluding hydrogens is 470 g/mol. The Bertz CT molecular complexity index is 709. The van der Waals surface area contributed by atoms with E-state index in [9.17, 15) is 20.1 Å². The van der Waals surface area contributed by atoms with Gasteiger partial charge in [0.25, 0.3) is 0 Å². The fraction of sp³-hybridized carbons (Fsp3) is 0.929. The predicted molar refractivity (Wildman–Crippen MR) is 148 cm³/mol. The molecule has 37 heavy (non-hydrogen) atoms. The molecule has 5 unspecified atom stereocenters. The molecule has 0 aliphatic carbocycles. The van der Waals surface area contributed by atoms with E-state index in [1.165, 1.54) is 25.7 Å². The Morgan fingerprint density at radius 1 is 1.16 bits per heavy atom. The van der Waals surface area contributed by atoms with Gasteiger partial charge in [-0.1, -0.05) is 44.9 Å². The summed E-state index contributed by atoms with van der Waals surface area (Å²) in [5.41, 5.74) is -1.22. The van der Waals surface area contributed by atoms with Gasteiger partial charge < -0.3 is 31.3 Å². The lowest BCUT2D eigenvalue weighted by Crippen LogP contribution is -2.60. The van der Waals surface area contributed by atoms with Crippen molar-refractivity contribution in [3.8, 4) is 0 Å². The molecule has 0 aromatic carbocycles. The number of carboxylic acid groups (broad SMARTS) is 1. The monoisotopic (exact) mass is 523 g/mol. The van der Waals surface area contributed by atoms with Crippen molar-refractivity contribution in [2.75, 3.05) is 32.8 Å². The number of aliphatic imine (C=N–C) groups is 1. The molecule has 3 aliphatic heterocycles. The summed E-state index contributed by atoms with van der Waals surface area (Å²) in [6, 6.07) is 0.903. The summed E-state index contributed by atoms with van der Waals surface area (Å²) in [6.07, 6.45) is 13.7. The molecule has 3 rings (SSSR count). The Hall–Kier alpha value is -1.10. The van der Waals surface area contributed by atoms with Gasteiger partial charge in [-0.3, -0.25) is 14.7 Å². The number of aliphatic hydroxyl groups excluding tert-OH is 1. The van der Waals surface area contributed by atoms with Crippen molar-refractivity contribution >= 4 is 12.2 Å². The van der Waals surface area contributed by atoms with Crippen LogP contribution in [0.4, 0.5) is 0 Å². The Morgan fingerprint density at radius 2 is 1.84 bits per heavy atom. The maximum absolute atomic E-state index is 11.4. The van der Waals surface area contributed by atoms with Gasteiger partial charge in [0.1, 0.15) is 0 Å². The first kappa shape index (κ1) is 30.4. The molecule has 0 aromatic rings. The van der Waals surface area contributed by atoms with E-state index in [0.717, 1.165) is 71.2 Å². The van der Waals surface area contributed by atoms with Crippen molar-refractivity contribution in [3.63, 3.8) is 0 Å². The number of nitrogens with zero attached hydrogens (tertiary/aromatic N) is 2. The highest BCUT2D eigenvalue weighted by atomic mass is 16.4. The first-order valence-corrected chi connectivity index (χ1v) is 14.8. The topological polar surface area (TPSA) is 129 Å². The summed E-state index contributed by atoms with van der Waals surface area (Å²) in [5.74, 6) is -0.935. The van der Waals surface area contributed by atoms with Crippen LogP contribution in [0.25, 0.3) is 0 Å². The summed E-state index contributed by atoms with van der Waals surface area (Å²) in [7, 11) is 0. The molecule has 9 heteroatoms. The van der Waals surface area contributed by atoms with E-state index in [1.807, 2.05) is 6.21 Å². The number of hydrogen-bond acceptors (Lipinski definition) is 8. The highest BCUT2D eigenvalue weighted by Crippen LogP contribution is 2.26. The SMILES string of the molecule is CC1NC(CCCCCCCCCC(O)(CNC2(C)CCNCC2)CC(=O)O)C(N2CC=NC2)CC1O. The van der Waals surface area contributed by atoms with E-state index < -0.39 is 11.6 Å². The van der Waals surface area contributed by atoms with Crippen molar-refractivity contribution in [1.29, 1.82) is 0 Å². The number of carboxylic acids is 1. The van der Waals surface area contributed by atoms with E-state index >= 15 is 0 Å². The van der Waals surface area contributed by atoms with Crippen molar-refractivity contribution < 1.29 is 20.1 Å². The third-order valence-corrected chi connectivity index (χ3v) is 8.87. The molecule has 214 valence electrons. The maximum atomic E-state index is 11.4. The van der Waals surface area contributed by atoms with E-state index in [2.05, 4.69) is 39.7 Å². The minimum absolute atomic E-state index is 0.0367. The Morgan fingerprint density at radius 3 is 2.49 bits per heavy atom. The molecule has 3 aliphatic rings. The molecule has 0 amide bonds. The normalized spacial score (nSPS) is 29.8. The second-order valence-electron chi connectivity index (χ2n) is 12.2. The van der Waals surface area contributed by atoms with Crippen LogP contribution in [-0.2, 0) is 4.79 Å². The van der Waals surface area contributed by atoms with Crippen LogP contribution in [0.15, 0.2) is 4.99 Å². The molecule has 0 saturated carbocycles. The second-order valence-corrected chi connectivity index (χ2v) is 12.2. The molecular formula is C28H53N5O4. The molecule has 9 nitrogen and oxygen atoms in total. The lowest BCUT2D eigenvalue weighted by molar-refractivity contribution is -0.143. The molecule has 5 atom stereocenters. The maximum Gasteiger partial charge on any atom is 0.306 e. The van der Waals surface area contributed by atoms with Gasteiger partial charge in [0.05, 0.1) is 24.8 Å². The zero-order valence-electron chi connectivity index (χ0n) is 23.3. The number of β-amino-alcohol motifs (C(OH)–C–C–N with tert-alkyl or cyclic N) is 1. The van der Waals surface area contributed by atoms with Gasteiger partial charge in [-0.05, 0) is 59.0 Å². The molecule has 2 saturated heterocycles. The van der Waals surface area contributed by atoms with Crippen molar-refractivity contribution in [2.24, 2.45) is 4.99 Å². The van der Waals surface area contributed by atoms with Crippen LogP contribution in [-0.4, -0.2) is 101 Å². The average Bonchev–Trinajstić information content (AvgIpc) is 3.39. The lowest BCUT2D eigenvalue weighted by atomic mass is 9.87. The van der Waals surface area contributed by atoms with Gasteiger partial charge in [0.2, 0.25) is 0 Å². The first-order valence-electron chi connectivity index (χ1n) is 14.8. The third kappa shape index (κ3) is 10.2. The quantitative estimate of drug-likeness (QED) is 0.170. The summed E-state index contributed by atoms with van der Waals surface area (Å²) in [4.78, 5) is 18.1. The lowest BCUT2D eigenvalue weighted by Gasteiger charge is -2.43. The number of nitrogens with one attached hydrogen (secondary N) is 3. The van der Waals surface area contributed by atoms with Gasteiger partial charge in [-0.2, -0.15) is 0 Å². The minimum atomic E-state index is -1.19. The number of aliphatic hydroxyl groups is 2. The van der Waals surface area contributed by atoms with Gasteiger partial charge >= 0.3 is 5.97 Å². The zero-order chi connectivity index (χ0) is 26.7. The van der Waals surface area contributed by atoms with Crippen LogP contribution in [0.3, 0.4) is 0 Å². The van der Waals surface area contributed by atoms with Crippen molar-refractivity contribution in [2.45, 2.75) is 133 Å². The fourth-order valence-corrected chi connectivity index (χ4v) is 6.23. The summed E-state index contributed by atoms with van der Waals surface area (Å²) < 4.78 is 0. The van der Waals surface area contributed by atoms with Crippen LogP contribution in [0, 0.1) is 0 Å². The highest BCUT2D eigenvalue weighted by Gasteiger charge is 2.37. The van der Waals surface area contributed by atoms with Crippen LogP contribution in [0.1, 0.15) is 97.3 Å². The third-order valence-electron chi connectivity index (χ3n) is 8.87. The van der Waals surface area contributed by atoms with E-state index in [0.29, 0.717) is 25.0 Å². The standard InChI is InChI=1S/C28H53N5O4/c1-22-25(34)18-24(33-17-16-30-21-33)23(32-22)10-8-6-4-3-5-7-9-11-28(37,19-26(35)36)20-31-27(2)12-14-29-15-13-27/h16,22-25,29,31-32,34,37H,3-15,17-21H2,1-2H3,(H,35,36). The Labute approximate surface area is 223 Å². The smallest absolute Gasteiger partial charge is 0.306 e. The van der Waals surface area contributed by atoms with Crippen molar-refractivity contribution in [1.82, 2.24) is 20.9 Å². The van der Waals surface area contributed by atoms with Crippen LogP contribution < -0.4 is 16.0 Å². The molecule has 3 heterocycles. The fourth-order valence-electron chi connectivity index (χ4n) is 6.23. The number of unbranched alkanes of at least 4 members (excludes halogenated alkanes) is 6. The van der Waals surface area contributed by atoms with E-state index in [1.54, 1.807) is 0 Å². The molecule has 2 fully saturated rings. The molecule has 0 spiro atoms. The summed E-state index contributed by atoms with van der Waals surface area (Å²) >= 11 is 0. The average molecular weight is 524 g/mol. The number of rotatable bonds is 16. The molecule has 0 bridgehead atoms. The highest BCUT2D eigenvalue weighted by molar-refractivity contribution is 5.68. The van der Waals surface area contributed by atoms with Gasteiger partial charge in [0.15, 0.2) is 0 Å². The number of hydrogen-bond donors (Lipinski definition) is 6. The van der Waals surface area contributed by atoms with Crippen molar-refractivity contribution in [3.05, 3.63) is 0 Å². The Balaban J connectivity index is 1.28. The number of carbonyl (C=O) groups is 1.